The summed E-state index contributed by atoms with van der Waals surface area (Å²) >= 11 is 0. The Balaban J connectivity index is 0.000000426. The molecule has 38 heavy (non-hydrogen) atoms. The Labute approximate surface area is 218 Å². The van der Waals surface area contributed by atoms with Crippen molar-refractivity contribution in [1.29, 1.82) is 0 Å². The molecule has 0 radical (unpaired) electrons. The van der Waals surface area contributed by atoms with Crippen LogP contribution in [0.25, 0.3) is 11.0 Å². The number of rotatable bonds is 5. The normalized spacial score (nSPS) is 15.7. The number of nitrogens with zero attached hydrogens (tertiary/aromatic N) is 4. The number of nitrogens with one attached hydrogen (secondary N) is 1. The highest BCUT2D eigenvalue weighted by atomic mass is 19.4. The number of aliphatic carboxylic acids is 1. The number of aromatic nitrogens is 2. The number of anilines is 2. The average Bonchev–Trinajstić information content (AvgIpc) is 3.72. The number of hydrogen-bond acceptors (Lipinski definition) is 6. The summed E-state index contributed by atoms with van der Waals surface area (Å²) in [6, 6.07) is 16.5. The first-order valence-corrected chi connectivity index (χ1v) is 12.5. The maximum absolute atomic E-state index is 13.1. The number of hydrogen-bond donors (Lipinski definition) is 2. The lowest BCUT2D eigenvalue weighted by Gasteiger charge is -2.36. The first-order chi connectivity index (χ1) is 18.0. The van der Waals surface area contributed by atoms with Gasteiger partial charge in [-0.25, -0.2) is 14.8 Å². The Morgan fingerprint density at radius 1 is 0.974 bits per heavy atom. The quantitative estimate of drug-likeness (QED) is 0.484. The topological polar surface area (TPSA) is 98.7 Å². The Morgan fingerprint density at radius 3 is 2.13 bits per heavy atom. The van der Waals surface area contributed by atoms with E-state index in [-0.39, 0.29) is 5.91 Å². The number of halogens is 3. The number of fused-ring (bicyclic) bond motifs is 1. The van der Waals surface area contributed by atoms with Gasteiger partial charge in [-0.2, -0.15) is 13.2 Å². The summed E-state index contributed by atoms with van der Waals surface area (Å²) in [5.74, 6) is -0.464. The number of piperazine rings is 1. The maximum atomic E-state index is 13.1. The fraction of sp³-hybridized carbons (Fsp3) is 0.407. The summed E-state index contributed by atoms with van der Waals surface area (Å²) in [7, 11) is 0. The second-order valence-corrected chi connectivity index (χ2v) is 9.67. The van der Waals surface area contributed by atoms with Crippen molar-refractivity contribution in [3.63, 3.8) is 0 Å². The Bertz CT molecular complexity index is 1300. The molecule has 3 aromatic rings. The highest BCUT2D eigenvalue weighted by molar-refractivity contribution is 5.94. The van der Waals surface area contributed by atoms with Crippen LogP contribution in [0.4, 0.5) is 24.8 Å². The predicted octanol–water partition coefficient (Wildman–Crippen LogP) is 4.92. The van der Waals surface area contributed by atoms with Crippen LogP contribution in [0.1, 0.15) is 48.5 Å². The molecule has 1 aromatic heterocycles. The lowest BCUT2D eigenvalue weighted by atomic mass is 10.0. The van der Waals surface area contributed by atoms with E-state index < -0.39 is 12.1 Å². The molecule has 202 valence electrons. The van der Waals surface area contributed by atoms with Gasteiger partial charge in [-0.3, -0.25) is 4.79 Å². The van der Waals surface area contributed by atoms with Gasteiger partial charge in [-0.15, -0.1) is 0 Å². The molecule has 11 heteroatoms. The molecule has 2 aliphatic rings. The molecule has 1 saturated carbocycles. The smallest absolute Gasteiger partial charge is 0.475 e. The number of alkyl halides is 3. The summed E-state index contributed by atoms with van der Waals surface area (Å²) in [5.41, 5.74) is 3.80. The number of para-hydroxylation sites is 2. The van der Waals surface area contributed by atoms with Crippen molar-refractivity contribution in [2.24, 2.45) is 0 Å². The van der Waals surface area contributed by atoms with E-state index in [1.165, 1.54) is 18.4 Å². The van der Waals surface area contributed by atoms with Crippen molar-refractivity contribution < 1.29 is 27.9 Å². The van der Waals surface area contributed by atoms with Crippen LogP contribution >= 0.6 is 0 Å². The summed E-state index contributed by atoms with van der Waals surface area (Å²) in [4.78, 5) is 36.0. The van der Waals surface area contributed by atoms with Crippen molar-refractivity contribution in [2.45, 2.75) is 44.8 Å². The first kappa shape index (κ1) is 27.2. The van der Waals surface area contributed by atoms with Crippen molar-refractivity contribution in [3.05, 3.63) is 59.7 Å². The van der Waals surface area contributed by atoms with Gasteiger partial charge in [0.1, 0.15) is 0 Å². The fourth-order valence-corrected chi connectivity index (χ4v) is 4.06. The number of benzene rings is 2. The zero-order chi connectivity index (χ0) is 27.4. The Morgan fingerprint density at radius 2 is 1.58 bits per heavy atom. The van der Waals surface area contributed by atoms with Crippen LogP contribution in [0.15, 0.2) is 48.5 Å². The number of carbonyl (C=O) groups excluding carboxylic acids is 1. The van der Waals surface area contributed by atoms with Crippen LogP contribution in [0.2, 0.25) is 0 Å². The molecule has 0 atom stereocenters. The van der Waals surface area contributed by atoms with E-state index >= 15 is 0 Å². The second kappa shape index (κ2) is 11.2. The van der Waals surface area contributed by atoms with Gasteiger partial charge in [0.15, 0.2) is 11.6 Å². The SMILES string of the molecule is CC(C)c1cccc(C(=O)N2CCN(c3nc4ccccc4nc3NC3CC3)CC2)c1.O=C(O)C(F)(F)F. The summed E-state index contributed by atoms with van der Waals surface area (Å²) in [6.07, 6.45) is -2.71. The van der Waals surface area contributed by atoms with E-state index in [4.69, 9.17) is 19.9 Å². The molecule has 1 saturated heterocycles. The van der Waals surface area contributed by atoms with Gasteiger partial charge in [0, 0.05) is 37.8 Å². The minimum Gasteiger partial charge on any atom is -0.475 e. The predicted molar refractivity (Wildman–Crippen MR) is 139 cm³/mol. The molecular formula is C27H30F3N5O3. The molecule has 8 nitrogen and oxygen atoms in total. The van der Waals surface area contributed by atoms with Gasteiger partial charge < -0.3 is 20.2 Å². The van der Waals surface area contributed by atoms with Crippen LogP contribution in [0, 0.1) is 0 Å². The zero-order valence-electron chi connectivity index (χ0n) is 21.2. The number of carboxylic acid groups (broad SMARTS) is 1. The Kier molecular flexibility index (Phi) is 8.03. The van der Waals surface area contributed by atoms with Crippen LogP contribution in [-0.4, -0.2) is 70.2 Å². The monoisotopic (exact) mass is 529 g/mol. The maximum Gasteiger partial charge on any atom is 0.490 e. The molecule has 1 aliphatic carbocycles. The molecule has 1 amide bonds. The van der Waals surface area contributed by atoms with Gasteiger partial charge >= 0.3 is 12.1 Å². The minimum absolute atomic E-state index is 0.114. The van der Waals surface area contributed by atoms with E-state index in [1.807, 2.05) is 47.4 Å². The van der Waals surface area contributed by atoms with Crippen molar-refractivity contribution in [1.82, 2.24) is 14.9 Å². The first-order valence-electron chi connectivity index (χ1n) is 12.5. The molecule has 1 aliphatic heterocycles. The molecule has 0 bridgehead atoms. The van der Waals surface area contributed by atoms with Crippen LogP contribution in [-0.2, 0) is 4.79 Å². The van der Waals surface area contributed by atoms with E-state index in [2.05, 4.69) is 30.1 Å². The molecular weight excluding hydrogens is 499 g/mol. The molecule has 0 spiro atoms. The minimum atomic E-state index is -5.08. The molecule has 0 unspecified atom stereocenters. The van der Waals surface area contributed by atoms with Gasteiger partial charge in [0.25, 0.3) is 5.91 Å². The highest BCUT2D eigenvalue weighted by Crippen LogP contribution is 2.31. The van der Waals surface area contributed by atoms with Crippen LogP contribution < -0.4 is 10.2 Å². The Hall–Kier alpha value is -3.89. The summed E-state index contributed by atoms with van der Waals surface area (Å²) < 4.78 is 31.7. The zero-order valence-corrected chi connectivity index (χ0v) is 21.2. The standard InChI is InChI=1S/C25H29N5O.C2HF3O2/c1-17(2)18-6-5-7-19(16-18)25(31)30-14-12-29(13-15-30)24-23(26-20-10-11-20)27-21-8-3-4-9-22(21)28-24;3-2(4,5)1(6)7/h3-9,16-17,20H,10-15H2,1-2H3,(H,26,27);(H,6,7). The van der Waals surface area contributed by atoms with Crippen molar-refractivity contribution in [3.8, 4) is 0 Å². The van der Waals surface area contributed by atoms with Gasteiger partial charge in [-0.1, -0.05) is 38.1 Å². The third-order valence-electron chi connectivity index (χ3n) is 6.38. The third kappa shape index (κ3) is 6.70. The second-order valence-electron chi connectivity index (χ2n) is 9.67. The number of carboxylic acids is 1. The fourth-order valence-electron chi connectivity index (χ4n) is 4.06. The highest BCUT2D eigenvalue weighted by Gasteiger charge is 2.38. The molecule has 2 N–H and O–H groups in total. The lowest BCUT2D eigenvalue weighted by Crippen LogP contribution is -2.49. The molecule has 5 rings (SSSR count). The van der Waals surface area contributed by atoms with E-state index in [0.717, 1.165) is 41.3 Å². The van der Waals surface area contributed by atoms with E-state index in [9.17, 15) is 18.0 Å². The third-order valence-corrected chi connectivity index (χ3v) is 6.38. The summed E-state index contributed by atoms with van der Waals surface area (Å²) in [6.45, 7) is 7.18. The molecule has 2 fully saturated rings. The summed E-state index contributed by atoms with van der Waals surface area (Å²) in [5, 5.41) is 10.7. The largest absolute Gasteiger partial charge is 0.490 e. The molecule has 2 aromatic carbocycles. The van der Waals surface area contributed by atoms with Crippen molar-refractivity contribution >= 4 is 34.5 Å². The van der Waals surface area contributed by atoms with Gasteiger partial charge in [-0.05, 0) is 48.6 Å². The number of amides is 1. The van der Waals surface area contributed by atoms with Gasteiger partial charge in [0.05, 0.1) is 11.0 Å². The average molecular weight is 530 g/mol. The van der Waals surface area contributed by atoms with Gasteiger partial charge in [0.2, 0.25) is 0 Å². The van der Waals surface area contributed by atoms with E-state index in [0.29, 0.717) is 25.0 Å². The van der Waals surface area contributed by atoms with E-state index in [1.54, 1.807) is 0 Å². The van der Waals surface area contributed by atoms with Crippen LogP contribution in [0.5, 0.6) is 0 Å². The van der Waals surface area contributed by atoms with Crippen molar-refractivity contribution in [2.75, 3.05) is 36.4 Å². The van der Waals surface area contributed by atoms with Crippen LogP contribution in [0.3, 0.4) is 0 Å². The number of carbonyl (C=O) groups is 2. The molecule has 2 heterocycles. The lowest BCUT2D eigenvalue weighted by molar-refractivity contribution is -0.192.